The molecule has 6 nitrogen and oxygen atoms in total. The van der Waals surface area contributed by atoms with Crippen LogP contribution in [0.2, 0.25) is 0 Å². The summed E-state index contributed by atoms with van der Waals surface area (Å²) in [4.78, 5) is 22.2. The van der Waals surface area contributed by atoms with Gasteiger partial charge in [0, 0.05) is 43.9 Å². The Morgan fingerprint density at radius 2 is 1.78 bits per heavy atom. The Labute approximate surface area is 192 Å². The van der Waals surface area contributed by atoms with Gasteiger partial charge in [-0.25, -0.2) is 4.99 Å². The molecule has 0 unspecified atom stereocenters. The number of methoxy groups -OCH3 is 1. The lowest BCUT2D eigenvalue weighted by Gasteiger charge is -2.13. The van der Waals surface area contributed by atoms with Crippen molar-refractivity contribution in [2.24, 2.45) is 4.99 Å². The van der Waals surface area contributed by atoms with Gasteiger partial charge in [-0.1, -0.05) is 0 Å². The monoisotopic (exact) mass is 446 g/mol. The summed E-state index contributed by atoms with van der Waals surface area (Å²) < 4.78 is 7.30. The van der Waals surface area contributed by atoms with E-state index in [1.165, 1.54) is 11.8 Å². The van der Waals surface area contributed by atoms with E-state index in [2.05, 4.69) is 0 Å². The molecule has 0 radical (unpaired) electrons. The summed E-state index contributed by atoms with van der Waals surface area (Å²) in [7, 11) is 5.66. The lowest BCUT2D eigenvalue weighted by molar-refractivity contribution is -0.122. The van der Waals surface area contributed by atoms with Gasteiger partial charge in [-0.2, -0.15) is 0 Å². The quantitative estimate of drug-likeness (QED) is 0.490. The largest absolute Gasteiger partial charge is 0.497 e. The third-order valence-corrected chi connectivity index (χ3v) is 6.21. The third-order valence-electron chi connectivity index (χ3n) is 5.21. The van der Waals surface area contributed by atoms with Crippen molar-refractivity contribution in [3.05, 3.63) is 77.5 Å². The molecule has 0 bridgehead atoms. The molecule has 2 heterocycles. The highest BCUT2D eigenvalue weighted by Gasteiger charge is 2.32. The van der Waals surface area contributed by atoms with Gasteiger partial charge < -0.3 is 14.2 Å². The van der Waals surface area contributed by atoms with E-state index in [1.54, 1.807) is 12.0 Å². The number of carbonyl (C=O) groups is 1. The number of rotatable bonds is 6. The number of amidine groups is 1. The number of nitrogens with zero attached hydrogens (tertiary/aromatic N) is 4. The minimum absolute atomic E-state index is 0.0244. The van der Waals surface area contributed by atoms with Crippen molar-refractivity contribution < 1.29 is 9.53 Å². The van der Waals surface area contributed by atoms with Crippen LogP contribution in [-0.4, -0.2) is 48.3 Å². The van der Waals surface area contributed by atoms with Crippen LogP contribution in [0.15, 0.2) is 76.8 Å². The molecule has 164 valence electrons. The summed E-state index contributed by atoms with van der Waals surface area (Å²) in [6.45, 7) is 2.53. The van der Waals surface area contributed by atoms with Gasteiger partial charge in [0.15, 0.2) is 5.17 Å². The fraction of sp³-hybridized carbons (Fsp3) is 0.200. The fourth-order valence-electron chi connectivity index (χ4n) is 3.43. The number of carbonyl (C=O) groups excluding carboxylic acids is 1. The van der Waals surface area contributed by atoms with E-state index in [0.29, 0.717) is 16.6 Å². The number of anilines is 1. The van der Waals surface area contributed by atoms with Crippen LogP contribution >= 0.6 is 11.8 Å². The van der Waals surface area contributed by atoms with Crippen LogP contribution in [0, 0.1) is 0 Å². The van der Waals surface area contributed by atoms with Crippen molar-refractivity contribution in [3.8, 4) is 11.4 Å². The topological polar surface area (TPSA) is 50.1 Å². The molecule has 1 aliphatic rings. The Morgan fingerprint density at radius 3 is 2.41 bits per heavy atom. The number of ether oxygens (including phenoxy) is 1. The fourth-order valence-corrected chi connectivity index (χ4v) is 4.48. The molecule has 0 saturated carbocycles. The minimum Gasteiger partial charge on any atom is -0.497 e. The number of aliphatic imine (C=N–C) groups is 1. The second kappa shape index (κ2) is 9.36. The van der Waals surface area contributed by atoms with Crippen LogP contribution in [0.1, 0.15) is 12.6 Å². The molecule has 1 aliphatic heterocycles. The van der Waals surface area contributed by atoms with Gasteiger partial charge in [-0.05, 0) is 85.4 Å². The van der Waals surface area contributed by atoms with Gasteiger partial charge >= 0.3 is 0 Å². The summed E-state index contributed by atoms with van der Waals surface area (Å²) in [6, 6.07) is 19.8. The van der Waals surface area contributed by atoms with Crippen LogP contribution in [0.25, 0.3) is 11.8 Å². The van der Waals surface area contributed by atoms with E-state index in [0.717, 1.165) is 28.5 Å². The average molecular weight is 447 g/mol. The second-order valence-corrected chi connectivity index (χ2v) is 8.48. The Morgan fingerprint density at radius 1 is 1.06 bits per heavy atom. The molecule has 32 heavy (non-hydrogen) atoms. The number of likely N-dealkylation sites (N-methyl/N-ethyl adjacent to an activating group) is 1. The molecule has 0 atom stereocenters. The highest BCUT2D eigenvalue weighted by Crippen LogP contribution is 2.34. The maximum Gasteiger partial charge on any atom is 0.266 e. The molecule has 1 aromatic heterocycles. The molecule has 1 amide bonds. The van der Waals surface area contributed by atoms with Crippen LogP contribution in [0.3, 0.4) is 0 Å². The molecule has 0 spiro atoms. The molecular formula is C25H26N4O2S. The molecule has 2 aromatic carbocycles. The molecule has 1 fully saturated rings. The van der Waals surface area contributed by atoms with Gasteiger partial charge in [0.1, 0.15) is 5.75 Å². The van der Waals surface area contributed by atoms with Crippen molar-refractivity contribution in [1.82, 2.24) is 9.47 Å². The third kappa shape index (κ3) is 4.43. The Kier molecular flexibility index (Phi) is 6.37. The Hall–Kier alpha value is -3.45. The standard InChI is InChI=1S/C25H26N4O2S/c1-5-28-24(30)23(32-25(28)26-18-8-10-19(11-9-18)27(2)3)17-21-7-6-16-29(21)20-12-14-22(31-4)15-13-20/h6-17H,5H2,1-4H3/b23-17-,26-25?. The van der Waals surface area contributed by atoms with Crippen molar-refractivity contribution in [3.63, 3.8) is 0 Å². The minimum atomic E-state index is -0.0244. The summed E-state index contributed by atoms with van der Waals surface area (Å²) in [6.07, 6.45) is 3.91. The summed E-state index contributed by atoms with van der Waals surface area (Å²) in [5, 5.41) is 0.698. The maximum absolute atomic E-state index is 13.1. The summed E-state index contributed by atoms with van der Waals surface area (Å²) in [5.41, 5.74) is 3.86. The van der Waals surface area contributed by atoms with E-state index in [1.807, 2.05) is 103 Å². The first kappa shape index (κ1) is 21.8. The first-order valence-electron chi connectivity index (χ1n) is 10.4. The van der Waals surface area contributed by atoms with E-state index in [4.69, 9.17) is 9.73 Å². The van der Waals surface area contributed by atoms with Crippen molar-refractivity contribution >= 4 is 40.3 Å². The maximum atomic E-state index is 13.1. The lowest BCUT2D eigenvalue weighted by atomic mass is 10.2. The number of hydrogen-bond acceptors (Lipinski definition) is 5. The molecule has 0 N–H and O–H groups in total. The number of benzene rings is 2. The van der Waals surface area contributed by atoms with Gasteiger partial charge in [0.2, 0.25) is 0 Å². The Balaban J connectivity index is 1.62. The zero-order chi connectivity index (χ0) is 22.7. The normalized spacial score (nSPS) is 16.2. The van der Waals surface area contributed by atoms with Gasteiger partial charge in [-0.3, -0.25) is 9.69 Å². The molecule has 0 aliphatic carbocycles. The zero-order valence-corrected chi connectivity index (χ0v) is 19.5. The highest BCUT2D eigenvalue weighted by atomic mass is 32.2. The first-order chi connectivity index (χ1) is 15.5. The van der Waals surface area contributed by atoms with Crippen molar-refractivity contribution in [1.29, 1.82) is 0 Å². The smallest absolute Gasteiger partial charge is 0.266 e. The van der Waals surface area contributed by atoms with Gasteiger partial charge in [-0.15, -0.1) is 0 Å². The lowest BCUT2D eigenvalue weighted by Crippen LogP contribution is -2.28. The van der Waals surface area contributed by atoms with Crippen molar-refractivity contribution in [2.75, 3.05) is 32.6 Å². The van der Waals surface area contributed by atoms with Crippen molar-refractivity contribution in [2.45, 2.75) is 6.92 Å². The Bertz CT molecular complexity index is 1160. The predicted molar refractivity (Wildman–Crippen MR) is 133 cm³/mol. The number of aromatic nitrogens is 1. The van der Waals surface area contributed by atoms with Gasteiger partial charge in [0.25, 0.3) is 5.91 Å². The SMILES string of the molecule is CCN1C(=O)/C(=C/c2cccn2-c2ccc(OC)cc2)SC1=Nc1ccc(N(C)C)cc1. The molecule has 7 heteroatoms. The van der Waals surface area contributed by atoms with Crippen LogP contribution in [-0.2, 0) is 4.79 Å². The zero-order valence-electron chi connectivity index (χ0n) is 18.6. The molecular weight excluding hydrogens is 420 g/mol. The number of amides is 1. The van der Waals surface area contributed by atoms with E-state index < -0.39 is 0 Å². The van der Waals surface area contributed by atoms with E-state index >= 15 is 0 Å². The number of hydrogen-bond donors (Lipinski definition) is 0. The molecule has 3 aromatic rings. The second-order valence-electron chi connectivity index (χ2n) is 7.47. The number of thioether (sulfide) groups is 1. The first-order valence-corrected chi connectivity index (χ1v) is 11.2. The molecule has 4 rings (SSSR count). The predicted octanol–water partition coefficient (Wildman–Crippen LogP) is 5.18. The van der Waals surface area contributed by atoms with Crippen LogP contribution < -0.4 is 9.64 Å². The van der Waals surface area contributed by atoms with Gasteiger partial charge in [0.05, 0.1) is 17.7 Å². The summed E-state index contributed by atoms with van der Waals surface area (Å²) in [5.74, 6) is 0.782. The van der Waals surface area contributed by atoms with Crippen LogP contribution in [0.5, 0.6) is 5.75 Å². The highest BCUT2D eigenvalue weighted by molar-refractivity contribution is 8.18. The van der Waals surface area contributed by atoms with Crippen LogP contribution in [0.4, 0.5) is 11.4 Å². The summed E-state index contributed by atoms with van der Waals surface area (Å²) >= 11 is 1.41. The van der Waals surface area contributed by atoms with E-state index in [-0.39, 0.29) is 5.91 Å². The van der Waals surface area contributed by atoms with E-state index in [9.17, 15) is 4.79 Å². The average Bonchev–Trinajstić information content (AvgIpc) is 3.38. The molecule has 1 saturated heterocycles.